The van der Waals surface area contributed by atoms with E-state index >= 15 is 0 Å². The van der Waals surface area contributed by atoms with E-state index in [1.165, 1.54) is 0 Å². The molecule has 0 saturated heterocycles. The first-order valence-corrected chi connectivity index (χ1v) is 7.33. The summed E-state index contributed by atoms with van der Waals surface area (Å²) in [6.45, 7) is 0.241. The molecule has 0 aromatic heterocycles. The molecule has 1 fully saturated rings. The molecule has 1 aliphatic rings. The van der Waals surface area contributed by atoms with Crippen LogP contribution in [0, 0.1) is 5.92 Å². The van der Waals surface area contributed by atoms with Crippen LogP contribution in [-0.2, 0) is 9.59 Å². The Kier molecular flexibility index (Phi) is 5.44. The Hall–Kier alpha value is -1.75. The summed E-state index contributed by atoms with van der Waals surface area (Å²) >= 11 is 5.94. The van der Waals surface area contributed by atoms with E-state index in [0.717, 1.165) is 0 Å². The van der Waals surface area contributed by atoms with Crippen LogP contribution < -0.4 is 10.1 Å². The first-order chi connectivity index (χ1) is 10.1. The first-order valence-electron chi connectivity index (χ1n) is 6.95. The SMILES string of the molecule is O=C(CCOc1ccccc1Cl)NC1CCC(C(=O)O)C1. The first kappa shape index (κ1) is 15.6. The van der Waals surface area contributed by atoms with Gasteiger partial charge in [-0.25, -0.2) is 0 Å². The summed E-state index contributed by atoms with van der Waals surface area (Å²) in [5.74, 6) is -0.694. The van der Waals surface area contributed by atoms with Crippen LogP contribution in [0.15, 0.2) is 24.3 Å². The third kappa shape index (κ3) is 4.63. The van der Waals surface area contributed by atoms with E-state index in [4.69, 9.17) is 21.4 Å². The van der Waals surface area contributed by atoms with E-state index in [9.17, 15) is 9.59 Å². The second kappa shape index (κ2) is 7.31. The maximum Gasteiger partial charge on any atom is 0.306 e. The smallest absolute Gasteiger partial charge is 0.306 e. The molecule has 2 N–H and O–H groups in total. The molecule has 0 aliphatic heterocycles. The van der Waals surface area contributed by atoms with Crippen LogP contribution in [0.5, 0.6) is 5.75 Å². The molecule has 21 heavy (non-hydrogen) atoms. The second-order valence-electron chi connectivity index (χ2n) is 5.14. The van der Waals surface area contributed by atoms with Gasteiger partial charge in [-0.1, -0.05) is 23.7 Å². The number of aliphatic carboxylic acids is 1. The Bertz CT molecular complexity index is 520. The van der Waals surface area contributed by atoms with Gasteiger partial charge in [0.2, 0.25) is 5.91 Å². The lowest BCUT2D eigenvalue weighted by atomic mass is 10.1. The highest BCUT2D eigenvalue weighted by Gasteiger charge is 2.30. The van der Waals surface area contributed by atoms with Crippen molar-refractivity contribution in [2.24, 2.45) is 5.92 Å². The van der Waals surface area contributed by atoms with Crippen LogP contribution in [0.4, 0.5) is 0 Å². The number of carboxylic acid groups (broad SMARTS) is 1. The fraction of sp³-hybridized carbons (Fsp3) is 0.467. The van der Waals surface area contributed by atoms with Crippen LogP contribution in [0.25, 0.3) is 0 Å². The maximum absolute atomic E-state index is 11.8. The standard InChI is InChI=1S/C15H18ClNO4/c16-12-3-1-2-4-13(12)21-8-7-14(18)17-11-6-5-10(9-11)15(19)20/h1-4,10-11H,5-9H2,(H,17,18)(H,19,20). The topological polar surface area (TPSA) is 75.6 Å². The van der Waals surface area contributed by atoms with Crippen molar-refractivity contribution < 1.29 is 19.4 Å². The third-order valence-corrected chi connectivity index (χ3v) is 3.88. The number of halogens is 1. The quantitative estimate of drug-likeness (QED) is 0.846. The van der Waals surface area contributed by atoms with Crippen LogP contribution in [0.1, 0.15) is 25.7 Å². The molecular weight excluding hydrogens is 294 g/mol. The molecule has 2 unspecified atom stereocenters. The molecule has 1 aromatic carbocycles. The molecule has 6 heteroatoms. The highest BCUT2D eigenvalue weighted by Crippen LogP contribution is 2.26. The fourth-order valence-electron chi connectivity index (χ4n) is 2.45. The van der Waals surface area contributed by atoms with Gasteiger partial charge in [-0.05, 0) is 31.4 Å². The minimum atomic E-state index is -0.784. The lowest BCUT2D eigenvalue weighted by Crippen LogP contribution is -2.34. The Morgan fingerprint density at radius 3 is 2.76 bits per heavy atom. The van der Waals surface area contributed by atoms with E-state index in [2.05, 4.69) is 5.32 Å². The van der Waals surface area contributed by atoms with Gasteiger partial charge in [-0.15, -0.1) is 0 Å². The second-order valence-corrected chi connectivity index (χ2v) is 5.55. The van der Waals surface area contributed by atoms with Crippen LogP contribution in [0.3, 0.4) is 0 Å². The molecule has 1 amide bonds. The largest absolute Gasteiger partial charge is 0.491 e. The summed E-state index contributed by atoms with van der Waals surface area (Å²) in [6.07, 6.45) is 2.07. The van der Waals surface area contributed by atoms with E-state index in [0.29, 0.717) is 30.0 Å². The van der Waals surface area contributed by atoms with Gasteiger partial charge in [0.05, 0.1) is 24.0 Å². The summed E-state index contributed by atoms with van der Waals surface area (Å²) in [4.78, 5) is 22.6. The van der Waals surface area contributed by atoms with Crippen molar-refractivity contribution in [2.45, 2.75) is 31.7 Å². The molecule has 2 atom stereocenters. The van der Waals surface area contributed by atoms with E-state index in [-0.39, 0.29) is 30.9 Å². The van der Waals surface area contributed by atoms with Gasteiger partial charge < -0.3 is 15.2 Å². The summed E-state index contributed by atoms with van der Waals surface area (Å²) in [6, 6.07) is 7.04. The van der Waals surface area contributed by atoms with Gasteiger partial charge in [-0.3, -0.25) is 9.59 Å². The van der Waals surface area contributed by atoms with Gasteiger partial charge in [-0.2, -0.15) is 0 Å². The number of carboxylic acids is 1. The zero-order valence-electron chi connectivity index (χ0n) is 11.5. The highest BCUT2D eigenvalue weighted by atomic mass is 35.5. The number of rotatable bonds is 6. The third-order valence-electron chi connectivity index (χ3n) is 3.57. The normalized spacial score (nSPS) is 21.0. The van der Waals surface area contributed by atoms with Gasteiger partial charge in [0.1, 0.15) is 5.75 Å². The van der Waals surface area contributed by atoms with Crippen molar-refractivity contribution >= 4 is 23.5 Å². The molecule has 0 bridgehead atoms. The molecule has 2 rings (SSSR count). The number of carbonyl (C=O) groups is 2. The van der Waals surface area contributed by atoms with Crippen molar-refractivity contribution in [1.82, 2.24) is 5.32 Å². The minimum absolute atomic E-state index is 0.0427. The van der Waals surface area contributed by atoms with Gasteiger partial charge in [0.25, 0.3) is 0 Å². The zero-order valence-corrected chi connectivity index (χ0v) is 12.3. The summed E-state index contributed by atoms with van der Waals surface area (Å²) < 4.78 is 5.44. The lowest BCUT2D eigenvalue weighted by molar-refractivity contribution is -0.141. The van der Waals surface area contributed by atoms with Crippen molar-refractivity contribution in [3.63, 3.8) is 0 Å². The number of nitrogens with one attached hydrogen (secondary N) is 1. The molecule has 0 radical (unpaired) electrons. The Labute approximate surface area is 128 Å². The van der Waals surface area contributed by atoms with Gasteiger partial charge in [0.15, 0.2) is 0 Å². The Balaban J connectivity index is 1.69. The van der Waals surface area contributed by atoms with Crippen LogP contribution in [0.2, 0.25) is 5.02 Å². The molecular formula is C15H18ClNO4. The Morgan fingerprint density at radius 2 is 2.10 bits per heavy atom. The highest BCUT2D eigenvalue weighted by molar-refractivity contribution is 6.32. The summed E-state index contributed by atoms with van der Waals surface area (Å²) in [7, 11) is 0. The Morgan fingerprint density at radius 1 is 1.33 bits per heavy atom. The molecule has 0 spiro atoms. The number of para-hydroxylation sites is 1. The maximum atomic E-state index is 11.8. The number of carbonyl (C=O) groups excluding carboxylic acids is 1. The predicted octanol–water partition coefficient (Wildman–Crippen LogP) is 2.48. The summed E-state index contributed by atoms with van der Waals surface area (Å²) in [5.41, 5.74) is 0. The van der Waals surface area contributed by atoms with E-state index < -0.39 is 5.97 Å². The number of hydrogen-bond acceptors (Lipinski definition) is 3. The average molecular weight is 312 g/mol. The minimum Gasteiger partial charge on any atom is -0.491 e. The fourth-order valence-corrected chi connectivity index (χ4v) is 2.64. The summed E-state index contributed by atoms with van der Waals surface area (Å²) in [5, 5.41) is 12.3. The molecule has 1 saturated carbocycles. The van der Waals surface area contributed by atoms with E-state index in [1.54, 1.807) is 18.2 Å². The van der Waals surface area contributed by atoms with Crippen LogP contribution in [-0.4, -0.2) is 29.6 Å². The number of amides is 1. The number of hydrogen-bond donors (Lipinski definition) is 2. The zero-order chi connectivity index (χ0) is 15.2. The molecule has 114 valence electrons. The van der Waals surface area contributed by atoms with Gasteiger partial charge in [0, 0.05) is 6.04 Å². The molecule has 5 nitrogen and oxygen atoms in total. The lowest BCUT2D eigenvalue weighted by Gasteiger charge is -2.13. The van der Waals surface area contributed by atoms with Crippen molar-refractivity contribution in [3.05, 3.63) is 29.3 Å². The van der Waals surface area contributed by atoms with Crippen molar-refractivity contribution in [2.75, 3.05) is 6.61 Å². The molecule has 1 aromatic rings. The number of ether oxygens (including phenoxy) is 1. The van der Waals surface area contributed by atoms with E-state index in [1.807, 2.05) is 6.07 Å². The predicted molar refractivity (Wildman–Crippen MR) is 78.5 cm³/mol. The van der Waals surface area contributed by atoms with Gasteiger partial charge >= 0.3 is 5.97 Å². The van der Waals surface area contributed by atoms with Crippen LogP contribution >= 0.6 is 11.6 Å². The molecule has 1 aliphatic carbocycles. The average Bonchev–Trinajstić information content (AvgIpc) is 2.89. The van der Waals surface area contributed by atoms with Crippen molar-refractivity contribution in [1.29, 1.82) is 0 Å². The van der Waals surface area contributed by atoms with Crippen molar-refractivity contribution in [3.8, 4) is 5.75 Å². The number of benzene rings is 1. The molecule has 0 heterocycles. The monoisotopic (exact) mass is 311 g/mol.